The van der Waals surface area contributed by atoms with Crippen LogP contribution in [0.4, 0.5) is 10.1 Å². The molecular formula is C19H20ClFN2O. The van der Waals surface area contributed by atoms with Crippen LogP contribution in [0.3, 0.4) is 0 Å². The zero-order valence-electron chi connectivity index (χ0n) is 13.3. The number of hydrogen-bond acceptors (Lipinski definition) is 2. The monoisotopic (exact) mass is 346 g/mol. The summed E-state index contributed by atoms with van der Waals surface area (Å²) >= 11 is 5.92. The summed E-state index contributed by atoms with van der Waals surface area (Å²) in [5.74, 6) is -0.247. The van der Waals surface area contributed by atoms with Crippen LogP contribution < -0.4 is 5.32 Å². The summed E-state index contributed by atoms with van der Waals surface area (Å²) in [6.45, 7) is 1.16. The van der Waals surface area contributed by atoms with E-state index in [0.29, 0.717) is 41.8 Å². The van der Waals surface area contributed by atoms with Crippen LogP contribution in [0.2, 0.25) is 5.02 Å². The van der Waals surface area contributed by atoms with Gasteiger partial charge >= 0.3 is 0 Å². The third-order valence-electron chi connectivity index (χ3n) is 4.13. The second-order valence-corrected chi connectivity index (χ2v) is 6.54. The van der Waals surface area contributed by atoms with Crippen molar-refractivity contribution >= 4 is 23.2 Å². The van der Waals surface area contributed by atoms with E-state index in [1.165, 1.54) is 6.07 Å². The van der Waals surface area contributed by atoms with Gasteiger partial charge in [-0.15, -0.1) is 0 Å². The maximum Gasteiger partial charge on any atom is 0.225 e. The van der Waals surface area contributed by atoms with Gasteiger partial charge in [-0.1, -0.05) is 35.9 Å². The van der Waals surface area contributed by atoms with Gasteiger partial charge in [0, 0.05) is 41.8 Å². The van der Waals surface area contributed by atoms with Gasteiger partial charge in [0.25, 0.3) is 0 Å². The molecule has 1 fully saturated rings. The summed E-state index contributed by atoms with van der Waals surface area (Å²) in [7, 11) is 0. The van der Waals surface area contributed by atoms with E-state index in [9.17, 15) is 9.18 Å². The zero-order valence-corrected chi connectivity index (χ0v) is 14.1. The number of anilines is 1. The molecule has 1 N–H and O–H groups in total. The number of amides is 1. The van der Waals surface area contributed by atoms with Crippen LogP contribution in [-0.4, -0.2) is 23.4 Å². The molecule has 1 saturated carbocycles. The molecule has 0 radical (unpaired) electrons. The fraction of sp³-hybridized carbons (Fsp3) is 0.316. The van der Waals surface area contributed by atoms with Crippen molar-refractivity contribution in [3.05, 3.63) is 64.9 Å². The highest BCUT2D eigenvalue weighted by Gasteiger charge is 2.29. The van der Waals surface area contributed by atoms with Gasteiger partial charge in [-0.25, -0.2) is 4.39 Å². The van der Waals surface area contributed by atoms with E-state index in [1.807, 2.05) is 12.1 Å². The Morgan fingerprint density at radius 2 is 2.00 bits per heavy atom. The summed E-state index contributed by atoms with van der Waals surface area (Å²) in [5, 5.41) is 3.44. The fourth-order valence-corrected chi connectivity index (χ4v) is 2.90. The minimum Gasteiger partial charge on any atom is -0.326 e. The van der Waals surface area contributed by atoms with Gasteiger partial charge in [0.2, 0.25) is 5.91 Å². The summed E-state index contributed by atoms with van der Waals surface area (Å²) in [6, 6.07) is 14.4. The van der Waals surface area contributed by atoms with E-state index in [-0.39, 0.29) is 11.7 Å². The van der Waals surface area contributed by atoms with Gasteiger partial charge in [0.15, 0.2) is 0 Å². The van der Waals surface area contributed by atoms with Crippen LogP contribution in [0, 0.1) is 5.82 Å². The summed E-state index contributed by atoms with van der Waals surface area (Å²) in [5.41, 5.74) is 1.37. The van der Waals surface area contributed by atoms with E-state index >= 15 is 0 Å². The zero-order chi connectivity index (χ0) is 16.9. The Morgan fingerprint density at radius 1 is 1.21 bits per heavy atom. The molecule has 24 heavy (non-hydrogen) atoms. The number of rotatable bonds is 7. The van der Waals surface area contributed by atoms with Crippen LogP contribution in [-0.2, 0) is 11.3 Å². The van der Waals surface area contributed by atoms with Crippen molar-refractivity contribution in [1.82, 2.24) is 4.90 Å². The normalized spacial score (nSPS) is 14.0. The number of benzene rings is 2. The van der Waals surface area contributed by atoms with Crippen molar-refractivity contribution in [2.45, 2.75) is 31.8 Å². The lowest BCUT2D eigenvalue weighted by Gasteiger charge is -2.22. The number of carbonyl (C=O) groups is 1. The van der Waals surface area contributed by atoms with Crippen molar-refractivity contribution < 1.29 is 9.18 Å². The van der Waals surface area contributed by atoms with Gasteiger partial charge in [-0.05, 0) is 37.1 Å². The molecule has 0 heterocycles. The topological polar surface area (TPSA) is 32.3 Å². The van der Waals surface area contributed by atoms with Gasteiger partial charge in [0.1, 0.15) is 5.82 Å². The number of nitrogens with zero attached hydrogens (tertiary/aromatic N) is 1. The van der Waals surface area contributed by atoms with Crippen LogP contribution in [0.15, 0.2) is 48.5 Å². The lowest BCUT2D eigenvalue weighted by Crippen LogP contribution is -2.30. The van der Waals surface area contributed by atoms with Gasteiger partial charge in [0.05, 0.1) is 0 Å². The van der Waals surface area contributed by atoms with Gasteiger partial charge in [-0.3, -0.25) is 9.69 Å². The summed E-state index contributed by atoms with van der Waals surface area (Å²) < 4.78 is 13.8. The number of nitrogens with one attached hydrogen (secondary N) is 1. The molecule has 126 valence electrons. The van der Waals surface area contributed by atoms with Crippen molar-refractivity contribution in [3.63, 3.8) is 0 Å². The van der Waals surface area contributed by atoms with Crippen molar-refractivity contribution in [1.29, 1.82) is 0 Å². The Balaban J connectivity index is 1.54. The molecule has 2 aromatic carbocycles. The third-order valence-corrected chi connectivity index (χ3v) is 4.36. The smallest absolute Gasteiger partial charge is 0.225 e. The lowest BCUT2D eigenvalue weighted by molar-refractivity contribution is -0.116. The largest absolute Gasteiger partial charge is 0.326 e. The highest BCUT2D eigenvalue weighted by atomic mass is 35.5. The predicted octanol–water partition coefficient (Wildman–Crippen LogP) is 4.47. The van der Waals surface area contributed by atoms with Crippen LogP contribution in [0.1, 0.15) is 24.8 Å². The molecule has 3 rings (SSSR count). The first-order chi connectivity index (χ1) is 11.6. The first kappa shape index (κ1) is 16.9. The standard InChI is InChI=1S/C19H20ClFN2O/c20-15-5-3-6-16(12-15)22-19(24)10-11-23(17-8-9-17)13-14-4-1-2-7-18(14)21/h1-7,12,17H,8-11,13H2,(H,22,24). The second-order valence-electron chi connectivity index (χ2n) is 6.10. The van der Waals surface area contributed by atoms with Crippen molar-refractivity contribution in [3.8, 4) is 0 Å². The molecule has 0 aromatic heterocycles. The Bertz CT molecular complexity index is 718. The van der Waals surface area contributed by atoms with E-state index in [2.05, 4.69) is 10.2 Å². The average Bonchev–Trinajstić information content (AvgIpc) is 3.38. The lowest BCUT2D eigenvalue weighted by atomic mass is 10.2. The molecule has 0 saturated heterocycles. The molecule has 0 unspecified atom stereocenters. The Morgan fingerprint density at radius 3 is 2.71 bits per heavy atom. The third kappa shape index (κ3) is 4.79. The fourth-order valence-electron chi connectivity index (χ4n) is 2.71. The van der Waals surface area contributed by atoms with Crippen molar-refractivity contribution in [2.75, 3.05) is 11.9 Å². The molecule has 0 spiro atoms. The highest BCUT2D eigenvalue weighted by molar-refractivity contribution is 6.30. The Kier molecular flexibility index (Phi) is 5.48. The number of hydrogen-bond donors (Lipinski definition) is 1. The molecule has 1 aliphatic carbocycles. The van der Waals surface area contributed by atoms with E-state index in [1.54, 1.807) is 30.3 Å². The van der Waals surface area contributed by atoms with E-state index in [4.69, 9.17) is 11.6 Å². The first-order valence-corrected chi connectivity index (χ1v) is 8.52. The average molecular weight is 347 g/mol. The molecule has 2 aromatic rings. The molecule has 5 heteroatoms. The molecule has 1 aliphatic rings. The van der Waals surface area contributed by atoms with Gasteiger partial charge in [-0.2, -0.15) is 0 Å². The molecule has 0 aliphatic heterocycles. The van der Waals surface area contributed by atoms with Crippen LogP contribution in [0.25, 0.3) is 0 Å². The minimum atomic E-state index is -0.188. The Hall–Kier alpha value is -1.91. The second kappa shape index (κ2) is 7.77. The van der Waals surface area contributed by atoms with Crippen LogP contribution in [0.5, 0.6) is 0 Å². The van der Waals surface area contributed by atoms with E-state index < -0.39 is 0 Å². The molecule has 0 atom stereocenters. The van der Waals surface area contributed by atoms with Gasteiger partial charge < -0.3 is 5.32 Å². The number of carbonyl (C=O) groups excluding carboxylic acids is 1. The molecule has 3 nitrogen and oxygen atoms in total. The quantitative estimate of drug-likeness (QED) is 0.802. The maximum absolute atomic E-state index is 13.8. The summed E-state index contributed by atoms with van der Waals surface area (Å²) in [6.07, 6.45) is 2.60. The molecule has 1 amide bonds. The van der Waals surface area contributed by atoms with Crippen LogP contribution >= 0.6 is 11.6 Å². The van der Waals surface area contributed by atoms with E-state index in [0.717, 1.165) is 12.8 Å². The highest BCUT2D eigenvalue weighted by Crippen LogP contribution is 2.29. The Labute approximate surface area is 146 Å². The van der Waals surface area contributed by atoms with Crippen molar-refractivity contribution in [2.24, 2.45) is 0 Å². The molecule has 0 bridgehead atoms. The maximum atomic E-state index is 13.8. The SMILES string of the molecule is O=C(CCN(Cc1ccccc1F)C1CC1)Nc1cccc(Cl)c1. The molecular weight excluding hydrogens is 327 g/mol. The minimum absolute atomic E-state index is 0.0588. The first-order valence-electron chi connectivity index (χ1n) is 8.15. The summed E-state index contributed by atoms with van der Waals surface area (Å²) in [4.78, 5) is 14.3. The number of halogens is 2. The predicted molar refractivity (Wildman–Crippen MR) is 94.5 cm³/mol.